The van der Waals surface area contributed by atoms with Gasteiger partial charge in [-0.2, -0.15) is 5.10 Å². The van der Waals surface area contributed by atoms with E-state index in [0.717, 1.165) is 5.57 Å². The van der Waals surface area contributed by atoms with Crippen molar-refractivity contribution >= 4 is 5.71 Å². The second-order valence-corrected chi connectivity index (χ2v) is 2.02. The van der Waals surface area contributed by atoms with Crippen molar-refractivity contribution in [1.29, 1.82) is 0 Å². The van der Waals surface area contributed by atoms with Crippen LogP contribution < -0.4 is 11.6 Å². The standard InChI is InChI=1S/C8H13N3/c1-4-7(6(3)9)8(5-2)11-10/h4-5H,1-2,9-10H2,3H3/b7-6-,11-8-. The fraction of sp³-hybridized carbons (Fsp3) is 0.125. The van der Waals surface area contributed by atoms with Gasteiger partial charge in [0.1, 0.15) is 0 Å². The molecule has 3 heteroatoms. The Kier molecular flexibility index (Phi) is 3.73. The molecular weight excluding hydrogens is 138 g/mol. The number of hydrazone groups is 1. The van der Waals surface area contributed by atoms with E-state index in [4.69, 9.17) is 11.6 Å². The van der Waals surface area contributed by atoms with Crippen molar-refractivity contribution in [3.8, 4) is 0 Å². The predicted octanol–water partition coefficient (Wildman–Crippen LogP) is 0.906. The quantitative estimate of drug-likeness (QED) is 0.272. The van der Waals surface area contributed by atoms with Gasteiger partial charge < -0.3 is 11.6 Å². The minimum absolute atomic E-state index is 0.556. The first-order valence-electron chi connectivity index (χ1n) is 3.16. The summed E-state index contributed by atoms with van der Waals surface area (Å²) in [5, 5.41) is 3.49. The van der Waals surface area contributed by atoms with Gasteiger partial charge in [-0.1, -0.05) is 19.2 Å². The van der Waals surface area contributed by atoms with E-state index in [1.165, 1.54) is 6.08 Å². The van der Waals surface area contributed by atoms with Crippen LogP contribution in [0.5, 0.6) is 0 Å². The highest BCUT2D eigenvalue weighted by atomic mass is 15.1. The van der Waals surface area contributed by atoms with Crippen molar-refractivity contribution in [2.75, 3.05) is 0 Å². The summed E-state index contributed by atoms with van der Waals surface area (Å²) in [5.41, 5.74) is 7.43. The van der Waals surface area contributed by atoms with Crippen LogP contribution in [-0.2, 0) is 0 Å². The van der Waals surface area contributed by atoms with Crippen molar-refractivity contribution in [3.05, 3.63) is 36.6 Å². The smallest absolute Gasteiger partial charge is 0.0910 e. The van der Waals surface area contributed by atoms with Crippen LogP contribution in [0.25, 0.3) is 0 Å². The summed E-state index contributed by atoms with van der Waals surface area (Å²) in [7, 11) is 0. The van der Waals surface area contributed by atoms with Crippen molar-refractivity contribution < 1.29 is 0 Å². The molecule has 0 rings (SSSR count). The van der Waals surface area contributed by atoms with Gasteiger partial charge in [0.2, 0.25) is 0 Å². The molecule has 11 heavy (non-hydrogen) atoms. The van der Waals surface area contributed by atoms with E-state index in [9.17, 15) is 0 Å². The topological polar surface area (TPSA) is 64.4 Å². The average molecular weight is 151 g/mol. The largest absolute Gasteiger partial charge is 0.402 e. The van der Waals surface area contributed by atoms with Crippen LogP contribution >= 0.6 is 0 Å². The summed E-state index contributed by atoms with van der Waals surface area (Å²) >= 11 is 0. The first-order chi connectivity index (χ1) is 5.17. The van der Waals surface area contributed by atoms with E-state index < -0.39 is 0 Å². The van der Waals surface area contributed by atoms with E-state index in [0.29, 0.717) is 11.4 Å². The van der Waals surface area contributed by atoms with Crippen LogP contribution in [0.15, 0.2) is 41.7 Å². The van der Waals surface area contributed by atoms with Gasteiger partial charge in [-0.15, -0.1) is 0 Å². The molecule has 0 aromatic rings. The monoisotopic (exact) mass is 151 g/mol. The highest BCUT2D eigenvalue weighted by Crippen LogP contribution is 2.03. The van der Waals surface area contributed by atoms with Gasteiger partial charge in [0.25, 0.3) is 0 Å². The molecule has 0 unspecified atom stereocenters. The number of hydrogen-bond donors (Lipinski definition) is 2. The van der Waals surface area contributed by atoms with Gasteiger partial charge >= 0.3 is 0 Å². The molecule has 0 aliphatic carbocycles. The van der Waals surface area contributed by atoms with Gasteiger partial charge in [-0.05, 0) is 13.0 Å². The number of rotatable bonds is 3. The third kappa shape index (κ3) is 2.29. The lowest BCUT2D eigenvalue weighted by Crippen LogP contribution is -2.07. The molecule has 0 aliphatic heterocycles. The van der Waals surface area contributed by atoms with Crippen molar-refractivity contribution in [2.45, 2.75) is 6.92 Å². The Hall–Kier alpha value is -1.51. The molecule has 0 radical (unpaired) electrons. The number of nitrogens with two attached hydrogens (primary N) is 2. The molecule has 0 saturated heterocycles. The molecular formula is C8H13N3. The molecule has 3 nitrogen and oxygen atoms in total. The zero-order valence-electron chi connectivity index (χ0n) is 6.67. The summed E-state index contributed by atoms with van der Waals surface area (Å²) < 4.78 is 0. The summed E-state index contributed by atoms with van der Waals surface area (Å²) in [6.07, 6.45) is 3.14. The molecule has 0 heterocycles. The molecule has 0 amide bonds. The molecule has 0 aliphatic rings. The lowest BCUT2D eigenvalue weighted by molar-refractivity contribution is 1.23. The van der Waals surface area contributed by atoms with Crippen LogP contribution in [-0.4, -0.2) is 5.71 Å². The van der Waals surface area contributed by atoms with Crippen LogP contribution in [0.4, 0.5) is 0 Å². The second-order valence-electron chi connectivity index (χ2n) is 2.02. The number of allylic oxidation sites excluding steroid dienone is 4. The second kappa shape index (κ2) is 4.33. The SMILES string of the molecule is C=CC(=N/N)/C(C=C)=C(/C)N. The van der Waals surface area contributed by atoms with Crippen LogP contribution in [0.2, 0.25) is 0 Å². The van der Waals surface area contributed by atoms with Gasteiger partial charge in [0.15, 0.2) is 0 Å². The first kappa shape index (κ1) is 9.49. The minimum Gasteiger partial charge on any atom is -0.402 e. The fourth-order valence-corrected chi connectivity index (χ4v) is 0.700. The Bertz CT molecular complexity index is 219. The Morgan fingerprint density at radius 1 is 1.36 bits per heavy atom. The van der Waals surface area contributed by atoms with E-state index >= 15 is 0 Å². The number of nitrogens with zero attached hydrogens (tertiary/aromatic N) is 1. The Morgan fingerprint density at radius 2 is 1.91 bits per heavy atom. The first-order valence-corrected chi connectivity index (χ1v) is 3.16. The summed E-state index contributed by atoms with van der Waals surface area (Å²) in [5.74, 6) is 5.08. The summed E-state index contributed by atoms with van der Waals surface area (Å²) in [6.45, 7) is 8.87. The average Bonchev–Trinajstić information content (AvgIpc) is 1.99. The highest BCUT2D eigenvalue weighted by Gasteiger charge is 2.00. The molecule has 4 N–H and O–H groups in total. The molecule has 0 fully saturated rings. The summed E-state index contributed by atoms with van der Waals surface area (Å²) in [6, 6.07) is 0. The zero-order valence-corrected chi connectivity index (χ0v) is 6.67. The lowest BCUT2D eigenvalue weighted by Gasteiger charge is -2.01. The lowest BCUT2D eigenvalue weighted by atomic mass is 10.1. The summed E-state index contributed by atoms with van der Waals surface area (Å²) in [4.78, 5) is 0. The van der Waals surface area contributed by atoms with Gasteiger partial charge in [-0.25, -0.2) is 0 Å². The van der Waals surface area contributed by atoms with E-state index in [-0.39, 0.29) is 0 Å². The minimum atomic E-state index is 0.556. The Balaban J connectivity index is 4.94. The van der Waals surface area contributed by atoms with Gasteiger partial charge in [0, 0.05) is 11.3 Å². The van der Waals surface area contributed by atoms with Gasteiger partial charge in [0.05, 0.1) is 5.71 Å². The fourth-order valence-electron chi connectivity index (χ4n) is 0.700. The van der Waals surface area contributed by atoms with Crippen LogP contribution in [0.3, 0.4) is 0 Å². The molecule has 0 atom stereocenters. The predicted molar refractivity (Wildman–Crippen MR) is 48.9 cm³/mol. The molecule has 0 saturated carbocycles. The molecule has 60 valence electrons. The normalized spacial score (nSPS) is 13.7. The highest BCUT2D eigenvalue weighted by molar-refractivity contribution is 6.10. The van der Waals surface area contributed by atoms with Gasteiger partial charge in [-0.3, -0.25) is 0 Å². The molecule has 0 spiro atoms. The van der Waals surface area contributed by atoms with Crippen molar-refractivity contribution in [2.24, 2.45) is 16.7 Å². The Labute approximate surface area is 66.8 Å². The molecule has 0 bridgehead atoms. The third-order valence-corrected chi connectivity index (χ3v) is 1.24. The van der Waals surface area contributed by atoms with Crippen LogP contribution in [0, 0.1) is 0 Å². The maximum atomic E-state index is 5.52. The molecule has 0 aromatic heterocycles. The molecule has 0 aromatic carbocycles. The van der Waals surface area contributed by atoms with E-state index in [2.05, 4.69) is 18.3 Å². The maximum absolute atomic E-state index is 5.52. The van der Waals surface area contributed by atoms with Crippen molar-refractivity contribution in [1.82, 2.24) is 0 Å². The third-order valence-electron chi connectivity index (χ3n) is 1.24. The van der Waals surface area contributed by atoms with Crippen LogP contribution in [0.1, 0.15) is 6.92 Å². The van der Waals surface area contributed by atoms with E-state index in [1.54, 1.807) is 13.0 Å². The zero-order chi connectivity index (χ0) is 8.85. The van der Waals surface area contributed by atoms with E-state index in [1.807, 2.05) is 0 Å². The van der Waals surface area contributed by atoms with Crippen molar-refractivity contribution in [3.63, 3.8) is 0 Å². The number of hydrogen-bond acceptors (Lipinski definition) is 3. The Morgan fingerprint density at radius 3 is 2.00 bits per heavy atom. The maximum Gasteiger partial charge on any atom is 0.0910 e.